The lowest BCUT2D eigenvalue weighted by Crippen LogP contribution is -2.34. The molecule has 0 aromatic carbocycles. The second-order valence-corrected chi connectivity index (χ2v) is 5.57. The van der Waals surface area contributed by atoms with Gasteiger partial charge in [0.25, 0.3) is 0 Å². The van der Waals surface area contributed by atoms with Crippen LogP contribution in [-0.4, -0.2) is 47.9 Å². The number of nitrogens with zero attached hydrogens (tertiary/aromatic N) is 4. The van der Waals surface area contributed by atoms with Gasteiger partial charge in [0.05, 0.1) is 11.4 Å². The van der Waals surface area contributed by atoms with Crippen LogP contribution in [0.15, 0.2) is 0 Å². The highest BCUT2D eigenvalue weighted by Crippen LogP contribution is 2.31. The second-order valence-electron chi connectivity index (χ2n) is 5.57. The summed E-state index contributed by atoms with van der Waals surface area (Å²) >= 11 is 0. The van der Waals surface area contributed by atoms with Crippen molar-refractivity contribution in [3.63, 3.8) is 0 Å². The van der Waals surface area contributed by atoms with Gasteiger partial charge in [-0.25, -0.2) is 0 Å². The number of aryl methyl sites for hydroxylation is 2. The Morgan fingerprint density at radius 3 is 2.50 bits per heavy atom. The van der Waals surface area contributed by atoms with E-state index in [0.29, 0.717) is 12.0 Å². The van der Waals surface area contributed by atoms with Crippen LogP contribution in [0.4, 0.5) is 11.5 Å². The van der Waals surface area contributed by atoms with Crippen LogP contribution in [0.2, 0.25) is 0 Å². The average Bonchev–Trinajstić information content (AvgIpc) is 2.79. The highest BCUT2D eigenvalue weighted by Gasteiger charge is 2.33. The summed E-state index contributed by atoms with van der Waals surface area (Å²) in [6, 6.07) is 0.587. The SMILES string of the molecule is CCc1nn(C)c(N2CC(C)C(N(C)C)C2)c1N. The first-order chi connectivity index (χ1) is 8.45. The second kappa shape index (κ2) is 4.80. The molecule has 1 aromatic rings. The van der Waals surface area contributed by atoms with Crippen LogP contribution in [0.1, 0.15) is 19.5 Å². The molecule has 0 radical (unpaired) electrons. The minimum Gasteiger partial charge on any atom is -0.394 e. The van der Waals surface area contributed by atoms with Gasteiger partial charge in [-0.3, -0.25) is 4.68 Å². The fourth-order valence-corrected chi connectivity index (χ4v) is 3.02. The summed E-state index contributed by atoms with van der Waals surface area (Å²) in [4.78, 5) is 4.68. The summed E-state index contributed by atoms with van der Waals surface area (Å²) in [5, 5.41) is 4.50. The molecule has 5 nitrogen and oxygen atoms in total. The fraction of sp³-hybridized carbons (Fsp3) is 0.769. The molecule has 0 amide bonds. The Kier molecular flexibility index (Phi) is 3.52. The van der Waals surface area contributed by atoms with Gasteiger partial charge in [-0.15, -0.1) is 0 Å². The molecule has 2 unspecified atom stereocenters. The van der Waals surface area contributed by atoms with E-state index >= 15 is 0 Å². The molecule has 2 N–H and O–H groups in total. The third-order valence-corrected chi connectivity index (χ3v) is 4.00. The monoisotopic (exact) mass is 251 g/mol. The Labute approximate surface area is 110 Å². The predicted octanol–water partition coefficient (Wildman–Crippen LogP) is 0.951. The van der Waals surface area contributed by atoms with E-state index in [9.17, 15) is 0 Å². The van der Waals surface area contributed by atoms with Crippen molar-refractivity contribution in [2.45, 2.75) is 26.3 Å². The van der Waals surface area contributed by atoms with Gasteiger partial charge in [-0.1, -0.05) is 13.8 Å². The van der Waals surface area contributed by atoms with Crippen molar-refractivity contribution >= 4 is 11.5 Å². The number of likely N-dealkylation sites (N-methyl/N-ethyl adjacent to an activating group) is 1. The molecule has 1 aliphatic rings. The number of nitrogens with two attached hydrogens (primary N) is 1. The van der Waals surface area contributed by atoms with E-state index in [-0.39, 0.29) is 0 Å². The van der Waals surface area contributed by atoms with Gasteiger partial charge in [0, 0.05) is 26.2 Å². The molecule has 1 aliphatic heterocycles. The number of anilines is 2. The number of rotatable bonds is 3. The quantitative estimate of drug-likeness (QED) is 0.869. The summed E-state index contributed by atoms with van der Waals surface area (Å²) in [7, 11) is 6.28. The van der Waals surface area contributed by atoms with Crippen LogP contribution in [0.5, 0.6) is 0 Å². The summed E-state index contributed by atoms with van der Waals surface area (Å²) in [5.74, 6) is 1.74. The summed E-state index contributed by atoms with van der Waals surface area (Å²) in [6.45, 7) is 6.48. The Balaban J connectivity index is 2.26. The zero-order valence-electron chi connectivity index (χ0n) is 12.1. The number of hydrogen-bond acceptors (Lipinski definition) is 4. The molecule has 18 heavy (non-hydrogen) atoms. The minimum absolute atomic E-state index is 0.587. The first-order valence-electron chi connectivity index (χ1n) is 6.68. The molecule has 2 rings (SSSR count). The zero-order chi connectivity index (χ0) is 13.4. The maximum atomic E-state index is 6.22. The van der Waals surface area contributed by atoms with E-state index < -0.39 is 0 Å². The molecule has 2 heterocycles. The van der Waals surface area contributed by atoms with Gasteiger partial charge in [-0.05, 0) is 26.4 Å². The van der Waals surface area contributed by atoms with Crippen molar-refractivity contribution in [3.05, 3.63) is 5.69 Å². The normalized spacial score (nSPS) is 24.2. The molecular weight excluding hydrogens is 226 g/mol. The smallest absolute Gasteiger partial charge is 0.150 e. The van der Waals surface area contributed by atoms with Crippen LogP contribution in [-0.2, 0) is 13.5 Å². The Morgan fingerprint density at radius 2 is 2.06 bits per heavy atom. The molecule has 1 aromatic heterocycles. The van der Waals surface area contributed by atoms with E-state index in [2.05, 4.69) is 42.8 Å². The van der Waals surface area contributed by atoms with Gasteiger partial charge >= 0.3 is 0 Å². The first-order valence-corrected chi connectivity index (χ1v) is 6.68. The lowest BCUT2D eigenvalue weighted by atomic mass is 10.1. The van der Waals surface area contributed by atoms with Gasteiger partial charge in [0.1, 0.15) is 5.82 Å². The molecule has 102 valence electrons. The Bertz CT molecular complexity index is 423. The maximum absolute atomic E-state index is 6.22. The summed E-state index contributed by atoms with van der Waals surface area (Å²) in [6.07, 6.45) is 0.889. The molecule has 2 atom stereocenters. The van der Waals surface area contributed by atoms with Crippen molar-refractivity contribution in [2.75, 3.05) is 37.8 Å². The number of hydrogen-bond donors (Lipinski definition) is 1. The van der Waals surface area contributed by atoms with Crippen molar-refractivity contribution in [3.8, 4) is 0 Å². The van der Waals surface area contributed by atoms with Crippen LogP contribution in [0.25, 0.3) is 0 Å². The van der Waals surface area contributed by atoms with Crippen molar-refractivity contribution in [2.24, 2.45) is 13.0 Å². The van der Waals surface area contributed by atoms with Crippen LogP contribution >= 0.6 is 0 Å². The predicted molar refractivity (Wildman–Crippen MR) is 75.9 cm³/mol. The third kappa shape index (κ3) is 2.07. The molecule has 1 fully saturated rings. The maximum Gasteiger partial charge on any atom is 0.150 e. The molecule has 0 saturated carbocycles. The standard InChI is InChI=1S/C13H25N5/c1-6-10-12(14)13(17(5)15-10)18-7-9(2)11(8-18)16(3)4/h9,11H,6-8,14H2,1-5H3. The highest BCUT2D eigenvalue weighted by atomic mass is 15.4. The summed E-state index contributed by atoms with van der Waals surface area (Å²) < 4.78 is 1.93. The third-order valence-electron chi connectivity index (χ3n) is 4.00. The Hall–Kier alpha value is -1.23. The van der Waals surface area contributed by atoms with Gasteiger partial charge in [0.2, 0.25) is 0 Å². The topological polar surface area (TPSA) is 50.3 Å². The minimum atomic E-state index is 0.587. The van der Waals surface area contributed by atoms with Crippen LogP contribution in [0.3, 0.4) is 0 Å². The van der Waals surface area contributed by atoms with Crippen LogP contribution in [0, 0.1) is 5.92 Å². The largest absolute Gasteiger partial charge is 0.394 e. The van der Waals surface area contributed by atoms with E-state index in [1.54, 1.807) is 0 Å². The number of aromatic nitrogens is 2. The number of nitrogen functional groups attached to an aromatic ring is 1. The van der Waals surface area contributed by atoms with Crippen molar-refractivity contribution in [1.82, 2.24) is 14.7 Å². The molecular formula is C13H25N5. The molecule has 0 aliphatic carbocycles. The fourth-order valence-electron chi connectivity index (χ4n) is 3.02. The summed E-state index contributed by atoms with van der Waals surface area (Å²) in [5.41, 5.74) is 8.08. The molecule has 1 saturated heterocycles. The van der Waals surface area contributed by atoms with Crippen molar-refractivity contribution < 1.29 is 0 Å². The molecule has 0 spiro atoms. The lowest BCUT2D eigenvalue weighted by molar-refractivity contribution is 0.266. The molecule has 5 heteroatoms. The van der Waals surface area contributed by atoms with E-state index in [1.165, 1.54) is 0 Å². The first kappa shape index (κ1) is 13.2. The van der Waals surface area contributed by atoms with Crippen LogP contribution < -0.4 is 10.6 Å². The van der Waals surface area contributed by atoms with E-state index in [1.807, 2.05) is 11.7 Å². The van der Waals surface area contributed by atoms with Gasteiger partial charge < -0.3 is 15.5 Å². The lowest BCUT2D eigenvalue weighted by Gasteiger charge is -2.23. The molecule has 0 bridgehead atoms. The Morgan fingerprint density at radius 1 is 1.39 bits per heavy atom. The van der Waals surface area contributed by atoms with Crippen molar-refractivity contribution in [1.29, 1.82) is 0 Å². The average molecular weight is 251 g/mol. The van der Waals surface area contributed by atoms with E-state index in [4.69, 9.17) is 5.73 Å². The van der Waals surface area contributed by atoms with E-state index in [0.717, 1.165) is 36.7 Å². The van der Waals surface area contributed by atoms with Gasteiger partial charge in [-0.2, -0.15) is 5.10 Å². The zero-order valence-corrected chi connectivity index (χ0v) is 12.1. The highest BCUT2D eigenvalue weighted by molar-refractivity contribution is 5.67. The van der Waals surface area contributed by atoms with Gasteiger partial charge in [0.15, 0.2) is 0 Å².